The van der Waals surface area contributed by atoms with Crippen LogP contribution in [0.15, 0.2) is 55.0 Å². The van der Waals surface area contributed by atoms with Crippen molar-refractivity contribution in [2.45, 2.75) is 76.6 Å². The maximum Gasteiger partial charge on any atom is 0.255 e. The molecule has 2 aromatic carbocycles. The molecule has 3 fully saturated rings. The lowest BCUT2D eigenvalue weighted by Crippen LogP contribution is -2.52. The number of ether oxygens (including phenoxy) is 1. The number of rotatable bonds is 14. The number of nitrogens with one attached hydrogen (secondary N) is 2. The third-order valence-corrected chi connectivity index (χ3v) is 12.8. The van der Waals surface area contributed by atoms with Crippen LogP contribution in [0.25, 0.3) is 11.1 Å². The van der Waals surface area contributed by atoms with Crippen LogP contribution in [0.2, 0.25) is 10.0 Å². The second-order valence-electron chi connectivity index (χ2n) is 16.1. The molecule has 1 unspecified atom stereocenters. The molecule has 14 nitrogen and oxygen atoms in total. The Balaban J connectivity index is 0.734. The van der Waals surface area contributed by atoms with Crippen molar-refractivity contribution in [3.05, 3.63) is 87.5 Å². The predicted molar refractivity (Wildman–Crippen MR) is 225 cm³/mol. The van der Waals surface area contributed by atoms with Gasteiger partial charge in [-0.15, -0.1) is 0 Å². The van der Waals surface area contributed by atoms with Crippen LogP contribution in [0.1, 0.15) is 85.5 Å². The van der Waals surface area contributed by atoms with E-state index in [2.05, 4.69) is 25.6 Å². The van der Waals surface area contributed by atoms with Crippen molar-refractivity contribution in [3.8, 4) is 16.9 Å². The fourth-order valence-corrected chi connectivity index (χ4v) is 9.38. The number of nitrogen functional groups attached to an aromatic ring is 1. The molecular weight excluding hydrogens is 812 g/mol. The Hall–Kier alpha value is -5.25. The molecule has 0 bridgehead atoms. The van der Waals surface area contributed by atoms with Gasteiger partial charge in [0.15, 0.2) is 11.6 Å². The van der Waals surface area contributed by atoms with E-state index < -0.39 is 23.9 Å². The van der Waals surface area contributed by atoms with Crippen molar-refractivity contribution in [3.63, 3.8) is 0 Å². The van der Waals surface area contributed by atoms with Gasteiger partial charge in [0, 0.05) is 109 Å². The third kappa shape index (κ3) is 8.79. The van der Waals surface area contributed by atoms with Crippen molar-refractivity contribution < 1.29 is 28.3 Å². The Kier molecular flexibility index (Phi) is 12.3. The summed E-state index contributed by atoms with van der Waals surface area (Å²) >= 11 is 12.5. The van der Waals surface area contributed by atoms with Crippen molar-refractivity contribution in [2.75, 3.05) is 50.3 Å². The minimum Gasteiger partial charge on any atom is -0.482 e. The van der Waals surface area contributed by atoms with Crippen LogP contribution in [-0.4, -0.2) is 98.4 Å². The number of anilines is 2. The number of benzene rings is 2. The van der Waals surface area contributed by atoms with Gasteiger partial charge < -0.3 is 30.5 Å². The minimum atomic E-state index is -0.693. The van der Waals surface area contributed by atoms with Crippen LogP contribution in [-0.2, 0) is 20.9 Å². The molecule has 0 saturated carbocycles. The number of carbonyl (C=O) groups excluding carboxylic acids is 4. The third-order valence-electron chi connectivity index (χ3n) is 12.1. The average Bonchev–Trinajstić information content (AvgIpc) is 3.85. The topological polar surface area (TPSA) is 168 Å². The molecule has 60 heavy (non-hydrogen) atoms. The monoisotopic (exact) mass is 859 g/mol. The van der Waals surface area contributed by atoms with Crippen molar-refractivity contribution in [2.24, 2.45) is 5.92 Å². The van der Waals surface area contributed by atoms with E-state index in [9.17, 15) is 23.6 Å². The van der Waals surface area contributed by atoms with E-state index in [1.165, 1.54) is 12.1 Å². The summed E-state index contributed by atoms with van der Waals surface area (Å²) in [5.41, 5.74) is 10.5. The van der Waals surface area contributed by atoms with Crippen molar-refractivity contribution >= 4 is 58.3 Å². The highest BCUT2D eigenvalue weighted by Crippen LogP contribution is 2.38. The maximum absolute atomic E-state index is 14.2. The highest BCUT2D eigenvalue weighted by Gasteiger charge is 2.40. The first-order valence-corrected chi connectivity index (χ1v) is 21.3. The summed E-state index contributed by atoms with van der Waals surface area (Å²) in [6.07, 6.45) is 9.21. The number of nitrogens with zero attached hydrogens (tertiary/aromatic N) is 6. The molecule has 4 aliphatic rings. The molecule has 17 heteroatoms. The first-order chi connectivity index (χ1) is 28.9. The number of nitrogens with two attached hydrogens (primary N) is 1. The highest BCUT2D eigenvalue weighted by molar-refractivity contribution is 6.36. The van der Waals surface area contributed by atoms with Crippen molar-refractivity contribution in [1.82, 2.24) is 34.8 Å². The number of likely N-dealkylation sites (tertiary alicyclic amines) is 2. The number of fused-ring (bicyclic) bond motifs is 1. The summed E-state index contributed by atoms with van der Waals surface area (Å²) in [4.78, 5) is 60.6. The summed E-state index contributed by atoms with van der Waals surface area (Å²) in [6.45, 7) is 7.11. The summed E-state index contributed by atoms with van der Waals surface area (Å²) in [5, 5.41) is 10.7. The number of imide groups is 1. The van der Waals surface area contributed by atoms with E-state index in [1.807, 2.05) is 27.9 Å². The average molecular weight is 861 g/mol. The summed E-state index contributed by atoms with van der Waals surface area (Å²) in [7, 11) is 0. The SMILES string of the molecule is C[C@@H](Oc1cc(-c2cnn(C3CCN(C(=O)CCCCN4CC(CNc5cccc6c5CN(C5CCC(=O)NC5=O)C6=O)C4)CC3)c2)cnc1N)c1c(Cl)ccc(F)c1Cl. The molecule has 4 aromatic rings. The first-order valence-electron chi connectivity index (χ1n) is 20.5. The molecule has 2 atom stereocenters. The standard InChI is InChI=1S/C43H48Cl2FN9O5/c1-25(39-32(44)8-9-33(46)40(39)45)60-36-17-27(19-49-41(36)47)28-20-50-55(23-28)29-12-15-53(16-13-29)38(57)7-2-3-14-52-21-26(22-52)18-48-34-6-4-5-30-31(34)24-54(43(30)59)35-10-11-37(56)51-42(35)58/h4-6,8-9,17,19-20,23,25-26,29,35,48H,2-3,7,10-16,18,21-22,24H2,1H3,(H2,47,49)(H,51,56,58)/t25-,35?/m1/s1. The lowest BCUT2D eigenvalue weighted by molar-refractivity contribution is -0.137. The number of pyridine rings is 1. The van der Waals surface area contributed by atoms with Crippen LogP contribution in [0.5, 0.6) is 5.75 Å². The minimum absolute atomic E-state index is 0.104. The number of hydrogen-bond donors (Lipinski definition) is 3. The lowest BCUT2D eigenvalue weighted by Gasteiger charge is -2.39. The summed E-state index contributed by atoms with van der Waals surface area (Å²) < 4.78 is 22.2. The van der Waals surface area contributed by atoms with Crippen molar-refractivity contribution in [1.29, 1.82) is 0 Å². The largest absolute Gasteiger partial charge is 0.482 e. The molecule has 3 saturated heterocycles. The van der Waals surface area contributed by atoms with Gasteiger partial charge in [-0.2, -0.15) is 5.10 Å². The molecular formula is C43H48Cl2FN9O5. The Bertz CT molecular complexity index is 2290. The lowest BCUT2D eigenvalue weighted by atomic mass is 9.99. The molecule has 0 spiro atoms. The Morgan fingerprint density at radius 2 is 1.87 bits per heavy atom. The number of halogens is 3. The molecule has 4 amide bonds. The molecule has 316 valence electrons. The fourth-order valence-electron chi connectivity index (χ4n) is 8.70. The fraction of sp³-hybridized carbons (Fsp3) is 0.442. The highest BCUT2D eigenvalue weighted by atomic mass is 35.5. The van der Waals surface area contributed by atoms with Gasteiger partial charge in [-0.05, 0) is 75.9 Å². The van der Waals surface area contributed by atoms with Crippen LogP contribution in [0, 0.1) is 11.7 Å². The zero-order valence-electron chi connectivity index (χ0n) is 33.3. The second-order valence-corrected chi connectivity index (χ2v) is 16.9. The van der Waals surface area contributed by atoms with E-state index in [4.69, 9.17) is 33.7 Å². The van der Waals surface area contributed by atoms with Gasteiger partial charge in [-0.1, -0.05) is 29.3 Å². The second kappa shape index (κ2) is 17.8. The van der Waals surface area contributed by atoms with E-state index in [1.54, 1.807) is 36.4 Å². The summed E-state index contributed by atoms with van der Waals surface area (Å²) in [5.74, 6) is -0.301. The van der Waals surface area contributed by atoms with Gasteiger partial charge in [0.1, 0.15) is 18.0 Å². The Morgan fingerprint density at radius 1 is 1.07 bits per heavy atom. The number of hydrogen-bond acceptors (Lipinski definition) is 10. The molecule has 2 aromatic heterocycles. The zero-order valence-corrected chi connectivity index (χ0v) is 34.9. The Labute approximate surface area is 357 Å². The zero-order chi connectivity index (χ0) is 42.1. The van der Waals surface area contributed by atoms with E-state index in [0.717, 1.165) is 74.2 Å². The van der Waals surface area contributed by atoms with Crippen LogP contribution < -0.4 is 21.1 Å². The normalized spacial score (nSPS) is 19.3. The molecule has 0 radical (unpaired) electrons. The molecule has 4 N–H and O–H groups in total. The van der Waals surface area contributed by atoms with Gasteiger partial charge in [0.2, 0.25) is 17.7 Å². The van der Waals surface area contributed by atoms with E-state index in [0.29, 0.717) is 55.3 Å². The number of amides is 4. The van der Waals surface area contributed by atoms with Gasteiger partial charge in [0.05, 0.1) is 17.3 Å². The molecule has 8 rings (SSSR count). The molecule has 0 aliphatic carbocycles. The molecule has 6 heterocycles. The predicted octanol–water partition coefficient (Wildman–Crippen LogP) is 6.25. The van der Waals surface area contributed by atoms with Crippen LogP contribution >= 0.6 is 23.2 Å². The van der Waals surface area contributed by atoms with Crippen LogP contribution in [0.4, 0.5) is 15.9 Å². The van der Waals surface area contributed by atoms with Gasteiger partial charge >= 0.3 is 0 Å². The number of aromatic nitrogens is 3. The number of unbranched alkanes of at least 4 members (excludes halogenated alkanes) is 1. The quantitative estimate of drug-likeness (QED) is 0.0749. The maximum atomic E-state index is 14.2. The molecule has 4 aliphatic heterocycles. The smallest absolute Gasteiger partial charge is 0.255 e. The van der Waals surface area contributed by atoms with Gasteiger partial charge in [-0.3, -0.25) is 29.2 Å². The van der Waals surface area contributed by atoms with Gasteiger partial charge in [0.25, 0.3) is 5.91 Å². The van der Waals surface area contributed by atoms with E-state index in [-0.39, 0.29) is 46.0 Å². The van der Waals surface area contributed by atoms with E-state index >= 15 is 0 Å². The van der Waals surface area contributed by atoms with Gasteiger partial charge in [-0.25, -0.2) is 9.37 Å². The summed E-state index contributed by atoms with van der Waals surface area (Å²) in [6, 6.07) is 9.58. The number of piperidine rings is 2. The van der Waals surface area contributed by atoms with Crippen LogP contribution in [0.3, 0.4) is 0 Å². The number of carbonyl (C=O) groups is 4. The first kappa shape index (κ1) is 41.5. The Morgan fingerprint density at radius 3 is 2.65 bits per heavy atom.